The molecule has 1 N–H and O–H groups in total. The molecule has 1 aromatic carbocycles. The predicted molar refractivity (Wildman–Crippen MR) is 153 cm³/mol. The first kappa shape index (κ1) is 28.7. The van der Waals surface area contributed by atoms with E-state index in [1.54, 1.807) is 0 Å². The Hall–Kier alpha value is -1.35. The number of ether oxygens (including phenoxy) is 1. The maximum absolute atomic E-state index is 12.5. The van der Waals surface area contributed by atoms with Crippen molar-refractivity contribution >= 4 is 5.97 Å². The Bertz CT molecular complexity index is 847. The second-order valence-corrected chi connectivity index (χ2v) is 12.9. The zero-order valence-electron chi connectivity index (χ0n) is 23.9. The molecule has 0 saturated heterocycles. The summed E-state index contributed by atoms with van der Waals surface area (Å²) in [6.07, 6.45) is 24.3. The van der Waals surface area contributed by atoms with Gasteiger partial charge in [0.2, 0.25) is 0 Å². The number of esters is 1. The van der Waals surface area contributed by atoms with Gasteiger partial charge in [0.1, 0.15) is 5.75 Å². The molecule has 0 heterocycles. The van der Waals surface area contributed by atoms with Crippen molar-refractivity contribution in [2.75, 3.05) is 0 Å². The fourth-order valence-electron chi connectivity index (χ4n) is 8.06. The summed E-state index contributed by atoms with van der Waals surface area (Å²) in [5.74, 6) is 2.63. The summed E-state index contributed by atoms with van der Waals surface area (Å²) in [6.45, 7) is 4.61. The van der Waals surface area contributed by atoms with Crippen LogP contribution in [0.15, 0.2) is 18.2 Å². The van der Waals surface area contributed by atoms with E-state index in [0.717, 1.165) is 37.9 Å². The molecule has 2 fully saturated rings. The topological polar surface area (TPSA) is 46.5 Å². The van der Waals surface area contributed by atoms with E-state index < -0.39 is 0 Å². The van der Waals surface area contributed by atoms with Crippen molar-refractivity contribution in [1.82, 2.24) is 0 Å². The van der Waals surface area contributed by atoms with Crippen molar-refractivity contribution in [2.24, 2.45) is 17.3 Å². The number of aliphatic hydroxyl groups is 1. The Labute approximate surface area is 227 Å². The zero-order valence-corrected chi connectivity index (χ0v) is 23.9. The van der Waals surface area contributed by atoms with Crippen LogP contribution in [0.25, 0.3) is 0 Å². The number of aryl methyl sites for hydroxylation is 1. The van der Waals surface area contributed by atoms with Crippen LogP contribution in [0, 0.1) is 17.3 Å². The molecule has 3 aliphatic carbocycles. The van der Waals surface area contributed by atoms with Gasteiger partial charge in [-0.3, -0.25) is 4.79 Å². The van der Waals surface area contributed by atoms with Crippen molar-refractivity contribution in [3.05, 3.63) is 29.3 Å². The SMILES string of the molecule is CCCCCCCCCCCCCCCC(=O)Oc1ccc2c(c1)CC[C@@H]1[C@@H]2CC[C@]2(C)C(O)CC[C@@H]12. The van der Waals surface area contributed by atoms with Crippen molar-refractivity contribution in [3.8, 4) is 5.75 Å². The second-order valence-electron chi connectivity index (χ2n) is 12.9. The molecule has 0 aromatic heterocycles. The van der Waals surface area contributed by atoms with Gasteiger partial charge < -0.3 is 9.84 Å². The summed E-state index contributed by atoms with van der Waals surface area (Å²) in [6, 6.07) is 6.42. The second kappa shape index (κ2) is 14.2. The molecule has 1 aromatic rings. The lowest BCUT2D eigenvalue weighted by atomic mass is 9.55. The lowest BCUT2D eigenvalue weighted by Gasteiger charge is -2.50. The van der Waals surface area contributed by atoms with Crippen molar-refractivity contribution in [1.29, 1.82) is 0 Å². The standard InChI is InChI=1S/C34H54O3/c1-3-4-5-6-7-8-9-10-11-12-13-14-15-16-33(36)37-27-18-20-28-26(25-27)17-19-30-29(28)23-24-34(2)31(30)21-22-32(34)35/h18,20,25,29-32,35H,3-17,19,21-24H2,1-2H3/t29-,30-,31+,32?,34+/m1/s1. The maximum Gasteiger partial charge on any atom is 0.311 e. The van der Waals surface area contributed by atoms with Gasteiger partial charge >= 0.3 is 5.97 Å². The van der Waals surface area contributed by atoms with Crippen LogP contribution in [-0.4, -0.2) is 17.2 Å². The molecule has 0 bridgehead atoms. The summed E-state index contributed by atoms with van der Waals surface area (Å²) < 4.78 is 5.75. The van der Waals surface area contributed by atoms with E-state index in [1.165, 1.54) is 101 Å². The molecule has 0 aliphatic heterocycles. The van der Waals surface area contributed by atoms with Gasteiger partial charge in [-0.05, 0) is 91.4 Å². The molecule has 2 saturated carbocycles. The fourth-order valence-corrected chi connectivity index (χ4v) is 8.06. The average Bonchev–Trinajstić information content (AvgIpc) is 3.20. The van der Waals surface area contributed by atoms with Gasteiger partial charge in [-0.2, -0.15) is 0 Å². The predicted octanol–water partition coefficient (Wildman–Crippen LogP) is 9.29. The lowest BCUT2D eigenvalue weighted by Crippen LogP contribution is -2.43. The highest BCUT2D eigenvalue weighted by Crippen LogP contribution is 2.60. The minimum Gasteiger partial charge on any atom is -0.427 e. The molecular weight excluding hydrogens is 456 g/mol. The molecule has 208 valence electrons. The average molecular weight is 511 g/mol. The monoisotopic (exact) mass is 510 g/mol. The Morgan fingerprint density at radius 2 is 1.54 bits per heavy atom. The molecule has 0 radical (unpaired) electrons. The summed E-state index contributed by atoms with van der Waals surface area (Å²) in [5, 5.41) is 10.6. The van der Waals surface area contributed by atoms with Crippen LogP contribution in [-0.2, 0) is 11.2 Å². The molecule has 4 rings (SSSR count). The number of benzene rings is 1. The number of carbonyl (C=O) groups excluding carboxylic acids is 1. The number of hydrogen-bond acceptors (Lipinski definition) is 3. The molecule has 0 spiro atoms. The summed E-state index contributed by atoms with van der Waals surface area (Å²) >= 11 is 0. The van der Waals surface area contributed by atoms with Crippen LogP contribution >= 0.6 is 0 Å². The lowest BCUT2D eigenvalue weighted by molar-refractivity contribution is -0.134. The molecular formula is C34H54O3. The summed E-state index contributed by atoms with van der Waals surface area (Å²) in [5.41, 5.74) is 2.99. The number of aliphatic hydroxyl groups excluding tert-OH is 1. The smallest absolute Gasteiger partial charge is 0.311 e. The van der Waals surface area contributed by atoms with E-state index in [9.17, 15) is 9.90 Å². The highest BCUT2D eigenvalue weighted by atomic mass is 16.5. The first-order chi connectivity index (χ1) is 18.0. The summed E-state index contributed by atoms with van der Waals surface area (Å²) in [4.78, 5) is 12.5. The van der Waals surface area contributed by atoms with Crippen molar-refractivity contribution < 1.29 is 14.6 Å². The van der Waals surface area contributed by atoms with Crippen molar-refractivity contribution in [3.63, 3.8) is 0 Å². The van der Waals surface area contributed by atoms with E-state index in [0.29, 0.717) is 24.2 Å². The number of rotatable bonds is 15. The Kier molecular flexibility index (Phi) is 11.0. The van der Waals surface area contributed by atoms with Gasteiger partial charge in [0, 0.05) is 6.42 Å². The third kappa shape index (κ3) is 7.40. The van der Waals surface area contributed by atoms with Crippen LogP contribution in [0.4, 0.5) is 0 Å². The van der Waals surface area contributed by atoms with Crippen LogP contribution in [0.1, 0.15) is 153 Å². The van der Waals surface area contributed by atoms with Crippen LogP contribution in [0.2, 0.25) is 0 Å². The van der Waals surface area contributed by atoms with Gasteiger partial charge in [0.05, 0.1) is 6.10 Å². The number of fused-ring (bicyclic) bond motifs is 5. The maximum atomic E-state index is 12.5. The van der Waals surface area contributed by atoms with Gasteiger partial charge in [-0.1, -0.05) is 97.0 Å². The van der Waals surface area contributed by atoms with Gasteiger partial charge in [-0.15, -0.1) is 0 Å². The molecule has 1 unspecified atom stereocenters. The van der Waals surface area contributed by atoms with E-state index >= 15 is 0 Å². The number of hydrogen-bond donors (Lipinski definition) is 1. The van der Waals surface area contributed by atoms with E-state index in [4.69, 9.17) is 4.74 Å². The molecule has 3 nitrogen and oxygen atoms in total. The van der Waals surface area contributed by atoms with Crippen LogP contribution in [0.3, 0.4) is 0 Å². The van der Waals surface area contributed by atoms with E-state index in [1.807, 2.05) is 6.07 Å². The number of carbonyl (C=O) groups is 1. The minimum absolute atomic E-state index is 0.0786. The quantitative estimate of drug-likeness (QED) is 0.145. The van der Waals surface area contributed by atoms with Gasteiger partial charge in [-0.25, -0.2) is 0 Å². The normalized spacial score (nSPS) is 28.4. The minimum atomic E-state index is -0.114. The van der Waals surface area contributed by atoms with Crippen LogP contribution in [0.5, 0.6) is 5.75 Å². The fraction of sp³-hybridized carbons (Fsp3) is 0.794. The highest BCUT2D eigenvalue weighted by Gasteiger charge is 2.54. The third-order valence-electron chi connectivity index (χ3n) is 10.4. The van der Waals surface area contributed by atoms with E-state index in [-0.39, 0.29) is 17.5 Å². The zero-order chi connectivity index (χ0) is 26.1. The number of unbranched alkanes of at least 4 members (excludes halogenated alkanes) is 12. The summed E-state index contributed by atoms with van der Waals surface area (Å²) in [7, 11) is 0. The molecule has 0 amide bonds. The molecule has 5 atom stereocenters. The highest BCUT2D eigenvalue weighted by molar-refractivity contribution is 5.72. The Morgan fingerprint density at radius 1 is 0.892 bits per heavy atom. The van der Waals surface area contributed by atoms with Crippen LogP contribution < -0.4 is 4.74 Å². The first-order valence-corrected chi connectivity index (χ1v) is 16.0. The molecule has 37 heavy (non-hydrogen) atoms. The van der Waals surface area contributed by atoms with Gasteiger partial charge in [0.15, 0.2) is 0 Å². The Morgan fingerprint density at radius 3 is 2.22 bits per heavy atom. The van der Waals surface area contributed by atoms with Gasteiger partial charge in [0.25, 0.3) is 0 Å². The molecule has 3 aliphatic rings. The van der Waals surface area contributed by atoms with Crippen molar-refractivity contribution in [2.45, 2.75) is 154 Å². The third-order valence-corrected chi connectivity index (χ3v) is 10.4. The van der Waals surface area contributed by atoms with E-state index in [2.05, 4.69) is 26.0 Å². The largest absolute Gasteiger partial charge is 0.427 e. The first-order valence-electron chi connectivity index (χ1n) is 16.0. The molecule has 3 heteroatoms. The Balaban J connectivity index is 1.10.